The van der Waals surface area contributed by atoms with E-state index >= 15 is 0 Å². The fourth-order valence-electron chi connectivity index (χ4n) is 3.46. The molecule has 0 radical (unpaired) electrons. The van der Waals surface area contributed by atoms with E-state index in [0.717, 1.165) is 24.0 Å². The molecule has 3 rings (SSSR count). The lowest BCUT2D eigenvalue weighted by atomic mass is 9.90. The summed E-state index contributed by atoms with van der Waals surface area (Å²) in [6.07, 6.45) is 3.03. The summed E-state index contributed by atoms with van der Waals surface area (Å²) in [4.78, 5) is 23.7. The van der Waals surface area contributed by atoms with E-state index in [4.69, 9.17) is 9.47 Å². The molecule has 1 unspecified atom stereocenters. The van der Waals surface area contributed by atoms with Gasteiger partial charge in [0.1, 0.15) is 5.56 Å². The molecule has 1 aliphatic rings. The van der Waals surface area contributed by atoms with Crippen LogP contribution in [-0.2, 0) is 6.42 Å². The van der Waals surface area contributed by atoms with Crippen molar-refractivity contribution >= 4 is 5.97 Å². The Labute approximate surface area is 158 Å². The molecule has 144 valence electrons. The number of hydrogen-bond acceptors (Lipinski definition) is 4. The summed E-state index contributed by atoms with van der Waals surface area (Å²) in [6.45, 7) is 6.81. The zero-order chi connectivity index (χ0) is 19.7. The van der Waals surface area contributed by atoms with E-state index in [2.05, 4.69) is 20.8 Å². The van der Waals surface area contributed by atoms with Gasteiger partial charge in [-0.1, -0.05) is 20.8 Å². The summed E-state index contributed by atoms with van der Waals surface area (Å²) in [5.74, 6) is 0.484. The second-order valence-electron chi connectivity index (χ2n) is 7.28. The molecule has 2 heterocycles. The maximum Gasteiger partial charge on any atom is 0.341 e. The Hall–Kier alpha value is -2.76. The number of carboxylic acids is 1. The number of ether oxygens (including phenoxy) is 2. The molecular weight excluding hydrogens is 346 g/mol. The molecule has 0 saturated carbocycles. The standard InChI is InChI=1S/C21H25NO5/c1-5-14-6-13-7-20(27-11-12(2)3)19(26-4)8-15(13)17-9-18(23)16(21(24)25)10-22(14)17/h7-10,12,14H,5-6,11H2,1-4H3,(H,24,25). The summed E-state index contributed by atoms with van der Waals surface area (Å²) in [7, 11) is 1.59. The molecule has 0 amide bonds. The fourth-order valence-corrected chi connectivity index (χ4v) is 3.46. The number of aromatic nitrogens is 1. The molecule has 6 heteroatoms. The molecule has 0 spiro atoms. The van der Waals surface area contributed by atoms with Crippen molar-refractivity contribution in [2.45, 2.75) is 39.7 Å². The maximum absolute atomic E-state index is 12.3. The highest BCUT2D eigenvalue weighted by atomic mass is 16.5. The van der Waals surface area contributed by atoms with Crippen molar-refractivity contribution in [3.05, 3.63) is 45.7 Å². The second kappa shape index (κ2) is 7.47. The topological polar surface area (TPSA) is 77.8 Å². The number of methoxy groups -OCH3 is 1. The van der Waals surface area contributed by atoms with Crippen LogP contribution >= 0.6 is 0 Å². The van der Waals surface area contributed by atoms with E-state index in [1.165, 1.54) is 12.3 Å². The Morgan fingerprint density at radius 3 is 2.63 bits per heavy atom. The molecule has 0 saturated heterocycles. The predicted molar refractivity (Wildman–Crippen MR) is 103 cm³/mol. The van der Waals surface area contributed by atoms with Crippen molar-refractivity contribution in [2.24, 2.45) is 5.92 Å². The first kappa shape index (κ1) is 19.0. The van der Waals surface area contributed by atoms with E-state index in [-0.39, 0.29) is 11.6 Å². The van der Waals surface area contributed by atoms with Crippen LogP contribution in [0.5, 0.6) is 11.5 Å². The van der Waals surface area contributed by atoms with Gasteiger partial charge in [0.25, 0.3) is 0 Å². The van der Waals surface area contributed by atoms with Gasteiger partial charge >= 0.3 is 5.97 Å². The summed E-state index contributed by atoms with van der Waals surface area (Å²) in [5, 5.41) is 9.29. The molecular formula is C21H25NO5. The number of nitrogens with zero attached hydrogens (tertiary/aromatic N) is 1. The zero-order valence-electron chi connectivity index (χ0n) is 16.1. The van der Waals surface area contributed by atoms with E-state index in [9.17, 15) is 14.7 Å². The van der Waals surface area contributed by atoms with Gasteiger partial charge in [-0.3, -0.25) is 4.79 Å². The molecule has 1 aromatic heterocycles. The molecule has 27 heavy (non-hydrogen) atoms. The highest BCUT2D eigenvalue weighted by Gasteiger charge is 2.27. The smallest absolute Gasteiger partial charge is 0.341 e. The van der Waals surface area contributed by atoms with Crippen LogP contribution in [0.3, 0.4) is 0 Å². The van der Waals surface area contributed by atoms with Crippen LogP contribution < -0.4 is 14.9 Å². The van der Waals surface area contributed by atoms with Gasteiger partial charge < -0.3 is 19.1 Å². The van der Waals surface area contributed by atoms with Crippen LogP contribution in [0.4, 0.5) is 0 Å². The van der Waals surface area contributed by atoms with Crippen LogP contribution in [-0.4, -0.2) is 29.4 Å². The quantitative estimate of drug-likeness (QED) is 0.836. The van der Waals surface area contributed by atoms with E-state index in [1.807, 2.05) is 16.7 Å². The minimum absolute atomic E-state index is 0.0811. The van der Waals surface area contributed by atoms with Gasteiger partial charge in [0.2, 0.25) is 0 Å². The lowest BCUT2D eigenvalue weighted by Crippen LogP contribution is -2.25. The van der Waals surface area contributed by atoms with Gasteiger partial charge in [-0.2, -0.15) is 0 Å². The summed E-state index contributed by atoms with van der Waals surface area (Å²) in [6, 6.07) is 5.36. The first-order valence-corrected chi connectivity index (χ1v) is 9.19. The third-order valence-corrected chi connectivity index (χ3v) is 4.87. The molecule has 1 N–H and O–H groups in total. The molecule has 1 aromatic carbocycles. The summed E-state index contributed by atoms with van der Waals surface area (Å²) < 4.78 is 13.3. The van der Waals surface area contributed by atoms with Crippen molar-refractivity contribution in [1.82, 2.24) is 4.57 Å². The second-order valence-corrected chi connectivity index (χ2v) is 7.28. The minimum atomic E-state index is -1.20. The lowest BCUT2D eigenvalue weighted by Gasteiger charge is -2.31. The SMILES string of the molecule is CCC1Cc2cc(OCC(C)C)c(OC)cc2-c2cc(=O)c(C(=O)O)cn21. The van der Waals surface area contributed by atoms with Gasteiger partial charge in [-0.05, 0) is 36.5 Å². The number of benzene rings is 1. The summed E-state index contributed by atoms with van der Waals surface area (Å²) in [5.41, 5.74) is 1.97. The fraction of sp³-hybridized carbons (Fsp3) is 0.429. The number of aromatic carboxylic acids is 1. The van der Waals surface area contributed by atoms with Crippen LogP contribution in [0.1, 0.15) is 49.2 Å². The van der Waals surface area contributed by atoms with Gasteiger partial charge in [-0.15, -0.1) is 0 Å². The highest BCUT2D eigenvalue weighted by molar-refractivity contribution is 5.87. The largest absolute Gasteiger partial charge is 0.493 e. The van der Waals surface area contributed by atoms with Crippen molar-refractivity contribution < 1.29 is 19.4 Å². The number of carbonyl (C=O) groups is 1. The molecule has 0 aliphatic carbocycles. The molecule has 0 bridgehead atoms. The average molecular weight is 371 g/mol. The molecule has 1 aliphatic heterocycles. The van der Waals surface area contributed by atoms with Gasteiger partial charge in [0.15, 0.2) is 16.9 Å². The average Bonchev–Trinajstić information content (AvgIpc) is 2.64. The summed E-state index contributed by atoms with van der Waals surface area (Å²) >= 11 is 0. The van der Waals surface area contributed by atoms with Gasteiger partial charge in [0, 0.05) is 23.9 Å². The number of fused-ring (bicyclic) bond motifs is 3. The lowest BCUT2D eigenvalue weighted by molar-refractivity contribution is 0.0694. The van der Waals surface area contributed by atoms with Crippen molar-refractivity contribution in [1.29, 1.82) is 0 Å². The highest BCUT2D eigenvalue weighted by Crippen LogP contribution is 2.41. The minimum Gasteiger partial charge on any atom is -0.493 e. The molecule has 6 nitrogen and oxygen atoms in total. The molecule has 2 aromatic rings. The zero-order valence-corrected chi connectivity index (χ0v) is 16.1. The normalized spacial score (nSPS) is 15.2. The maximum atomic E-state index is 12.3. The Kier molecular flexibility index (Phi) is 5.26. The number of rotatable bonds is 6. The Balaban J connectivity index is 2.17. The van der Waals surface area contributed by atoms with Crippen LogP contribution in [0, 0.1) is 5.92 Å². The Bertz CT molecular complexity index is 929. The molecule has 0 fully saturated rings. The Morgan fingerprint density at radius 2 is 2.04 bits per heavy atom. The molecule has 1 atom stereocenters. The number of carboxylic acid groups (broad SMARTS) is 1. The van der Waals surface area contributed by atoms with E-state index in [1.54, 1.807) is 7.11 Å². The van der Waals surface area contributed by atoms with E-state index in [0.29, 0.717) is 29.7 Å². The monoisotopic (exact) mass is 371 g/mol. The van der Waals surface area contributed by atoms with Crippen molar-refractivity contribution in [3.8, 4) is 22.8 Å². The first-order valence-electron chi connectivity index (χ1n) is 9.19. The van der Waals surface area contributed by atoms with Crippen molar-refractivity contribution in [2.75, 3.05) is 13.7 Å². The van der Waals surface area contributed by atoms with Gasteiger partial charge in [-0.25, -0.2) is 4.79 Å². The number of hydrogen-bond donors (Lipinski definition) is 1. The third-order valence-electron chi connectivity index (χ3n) is 4.87. The van der Waals surface area contributed by atoms with Crippen LogP contribution in [0.25, 0.3) is 11.3 Å². The van der Waals surface area contributed by atoms with E-state index < -0.39 is 11.4 Å². The van der Waals surface area contributed by atoms with Crippen molar-refractivity contribution in [3.63, 3.8) is 0 Å². The predicted octanol–water partition coefficient (Wildman–Crippen LogP) is 3.76. The first-order chi connectivity index (χ1) is 12.8. The van der Waals surface area contributed by atoms with Crippen LogP contribution in [0.2, 0.25) is 0 Å². The van der Waals surface area contributed by atoms with Gasteiger partial charge in [0.05, 0.1) is 19.4 Å². The Morgan fingerprint density at radius 1 is 1.30 bits per heavy atom. The third kappa shape index (κ3) is 3.56. The van der Waals surface area contributed by atoms with Crippen LogP contribution in [0.15, 0.2) is 29.2 Å². The number of pyridine rings is 1.